The smallest absolute Gasteiger partial charge is 0.267 e. The highest BCUT2D eigenvalue weighted by Crippen LogP contribution is 2.29. The molecule has 0 atom stereocenters. The van der Waals surface area contributed by atoms with Crippen LogP contribution in [-0.4, -0.2) is 25.1 Å². The number of carbonyl (C=O) groups excluding carboxylic acids is 1. The van der Waals surface area contributed by atoms with Crippen molar-refractivity contribution in [2.75, 3.05) is 24.9 Å². The summed E-state index contributed by atoms with van der Waals surface area (Å²) in [6.07, 6.45) is 2.80. The Morgan fingerprint density at radius 2 is 2.04 bits per heavy atom. The van der Waals surface area contributed by atoms with Gasteiger partial charge in [0.1, 0.15) is 11.6 Å². The number of benzene rings is 1. The summed E-state index contributed by atoms with van der Waals surface area (Å²) < 4.78 is 10.3. The molecular formula is C17H15ClN4O3. The number of halogens is 1. The molecule has 0 aliphatic rings. The van der Waals surface area contributed by atoms with E-state index in [1.54, 1.807) is 30.3 Å². The first-order valence-corrected chi connectivity index (χ1v) is 7.47. The quantitative estimate of drug-likeness (QED) is 0.467. The molecule has 1 aromatic heterocycles. The Morgan fingerprint density at radius 3 is 2.68 bits per heavy atom. The fraction of sp³-hybridized carbons (Fsp3) is 0.118. The van der Waals surface area contributed by atoms with Crippen LogP contribution in [0.5, 0.6) is 11.5 Å². The maximum atomic E-state index is 12.2. The van der Waals surface area contributed by atoms with Crippen molar-refractivity contribution in [1.29, 1.82) is 5.26 Å². The highest BCUT2D eigenvalue weighted by Gasteiger charge is 2.12. The molecule has 2 aromatic rings. The zero-order valence-electron chi connectivity index (χ0n) is 13.5. The number of pyridine rings is 1. The van der Waals surface area contributed by atoms with Crippen molar-refractivity contribution in [2.45, 2.75) is 0 Å². The van der Waals surface area contributed by atoms with Crippen molar-refractivity contribution in [2.24, 2.45) is 0 Å². The normalized spacial score (nSPS) is 10.6. The van der Waals surface area contributed by atoms with Crippen LogP contribution in [0.1, 0.15) is 0 Å². The SMILES string of the molecule is COc1ccc(NC(=O)/C(C#N)=C\Nc2cccnc2Cl)cc1OC. The predicted molar refractivity (Wildman–Crippen MR) is 94.7 cm³/mol. The number of methoxy groups -OCH3 is 2. The van der Waals surface area contributed by atoms with Crippen molar-refractivity contribution in [1.82, 2.24) is 4.98 Å². The highest BCUT2D eigenvalue weighted by atomic mass is 35.5. The van der Waals surface area contributed by atoms with Gasteiger partial charge in [-0.2, -0.15) is 5.26 Å². The maximum Gasteiger partial charge on any atom is 0.267 e. The average molecular weight is 359 g/mol. The van der Waals surface area contributed by atoms with Gasteiger partial charge in [-0.25, -0.2) is 4.98 Å². The van der Waals surface area contributed by atoms with Crippen LogP contribution in [0.2, 0.25) is 5.15 Å². The molecule has 0 saturated carbocycles. The number of hydrogen-bond donors (Lipinski definition) is 2. The second kappa shape index (κ2) is 8.57. The summed E-state index contributed by atoms with van der Waals surface area (Å²) in [5.74, 6) is 0.412. The Balaban J connectivity index is 2.14. The zero-order chi connectivity index (χ0) is 18.2. The third-order valence-electron chi connectivity index (χ3n) is 3.14. The Hall–Kier alpha value is -3.24. The zero-order valence-corrected chi connectivity index (χ0v) is 14.3. The molecule has 1 amide bonds. The van der Waals surface area contributed by atoms with E-state index >= 15 is 0 Å². The molecule has 0 aliphatic heterocycles. The van der Waals surface area contributed by atoms with Gasteiger partial charge in [-0.15, -0.1) is 0 Å². The lowest BCUT2D eigenvalue weighted by atomic mass is 10.2. The van der Waals surface area contributed by atoms with Gasteiger partial charge in [-0.3, -0.25) is 4.79 Å². The van der Waals surface area contributed by atoms with E-state index < -0.39 is 5.91 Å². The number of nitriles is 1. The number of nitrogens with zero attached hydrogens (tertiary/aromatic N) is 2. The van der Waals surface area contributed by atoms with Crippen LogP contribution >= 0.6 is 11.6 Å². The fourth-order valence-corrected chi connectivity index (χ4v) is 2.08. The first kappa shape index (κ1) is 18.1. The lowest BCUT2D eigenvalue weighted by Gasteiger charge is -2.10. The molecule has 1 aromatic carbocycles. The minimum Gasteiger partial charge on any atom is -0.493 e. The first-order valence-electron chi connectivity index (χ1n) is 7.09. The van der Waals surface area contributed by atoms with Gasteiger partial charge in [0, 0.05) is 24.2 Å². The number of nitrogens with one attached hydrogen (secondary N) is 2. The minimum atomic E-state index is -0.581. The number of hydrogen-bond acceptors (Lipinski definition) is 6. The van der Waals surface area contributed by atoms with E-state index in [4.69, 9.17) is 21.1 Å². The molecular weight excluding hydrogens is 344 g/mol. The third kappa shape index (κ3) is 4.62. The number of carbonyl (C=O) groups is 1. The molecule has 8 heteroatoms. The summed E-state index contributed by atoms with van der Waals surface area (Å²) >= 11 is 5.91. The highest BCUT2D eigenvalue weighted by molar-refractivity contribution is 6.32. The van der Waals surface area contributed by atoms with Gasteiger partial charge in [-0.1, -0.05) is 11.6 Å². The van der Waals surface area contributed by atoms with E-state index in [0.717, 1.165) is 0 Å². The van der Waals surface area contributed by atoms with Gasteiger partial charge in [-0.05, 0) is 24.3 Å². The topological polar surface area (TPSA) is 96.3 Å². The standard InChI is InChI=1S/C17H15ClN4O3/c1-24-14-6-5-12(8-15(14)25-2)22-17(23)11(9-19)10-21-13-4-3-7-20-16(13)18/h3-8,10,21H,1-2H3,(H,22,23)/b11-10-. The first-order chi connectivity index (χ1) is 12.1. The summed E-state index contributed by atoms with van der Waals surface area (Å²) in [6, 6.07) is 10.1. The summed E-state index contributed by atoms with van der Waals surface area (Å²) in [4.78, 5) is 16.1. The molecule has 2 N–H and O–H groups in total. The van der Waals surface area contributed by atoms with Crippen molar-refractivity contribution in [3.05, 3.63) is 53.5 Å². The van der Waals surface area contributed by atoms with Crippen molar-refractivity contribution in [3.63, 3.8) is 0 Å². The summed E-state index contributed by atoms with van der Waals surface area (Å²) in [5, 5.41) is 14.8. The molecule has 2 rings (SSSR count). The lowest BCUT2D eigenvalue weighted by Crippen LogP contribution is -2.14. The van der Waals surface area contributed by atoms with Gasteiger partial charge < -0.3 is 20.1 Å². The van der Waals surface area contributed by atoms with Gasteiger partial charge in [0.05, 0.1) is 19.9 Å². The van der Waals surface area contributed by atoms with Gasteiger partial charge in [0.15, 0.2) is 16.7 Å². The van der Waals surface area contributed by atoms with E-state index in [9.17, 15) is 10.1 Å². The second-order valence-corrected chi connectivity index (χ2v) is 5.04. The van der Waals surface area contributed by atoms with Crippen LogP contribution in [0.25, 0.3) is 0 Å². The van der Waals surface area contributed by atoms with E-state index in [0.29, 0.717) is 22.9 Å². The molecule has 0 bridgehead atoms. The van der Waals surface area contributed by atoms with E-state index in [-0.39, 0.29) is 10.7 Å². The monoisotopic (exact) mass is 358 g/mol. The summed E-state index contributed by atoms with van der Waals surface area (Å²) in [7, 11) is 3.01. The molecule has 0 fully saturated rings. The fourth-order valence-electron chi connectivity index (χ4n) is 1.90. The number of anilines is 2. The van der Waals surface area contributed by atoms with E-state index in [1.165, 1.54) is 26.6 Å². The second-order valence-electron chi connectivity index (χ2n) is 4.68. The molecule has 25 heavy (non-hydrogen) atoms. The molecule has 7 nitrogen and oxygen atoms in total. The molecule has 0 radical (unpaired) electrons. The number of aromatic nitrogens is 1. The molecule has 0 aliphatic carbocycles. The van der Waals surface area contributed by atoms with E-state index in [2.05, 4.69) is 15.6 Å². The number of amides is 1. The van der Waals surface area contributed by atoms with Crippen LogP contribution in [0.4, 0.5) is 11.4 Å². The lowest BCUT2D eigenvalue weighted by molar-refractivity contribution is -0.112. The largest absolute Gasteiger partial charge is 0.493 e. The molecule has 1 heterocycles. The number of ether oxygens (including phenoxy) is 2. The molecule has 128 valence electrons. The van der Waals surface area contributed by atoms with Crippen LogP contribution in [-0.2, 0) is 4.79 Å². The van der Waals surface area contributed by atoms with Crippen LogP contribution in [0, 0.1) is 11.3 Å². The van der Waals surface area contributed by atoms with Crippen molar-refractivity contribution >= 4 is 28.9 Å². The maximum absolute atomic E-state index is 12.2. The van der Waals surface area contributed by atoms with Crippen molar-refractivity contribution < 1.29 is 14.3 Å². The van der Waals surface area contributed by atoms with Crippen LogP contribution < -0.4 is 20.1 Å². The van der Waals surface area contributed by atoms with Crippen LogP contribution in [0.15, 0.2) is 48.3 Å². The third-order valence-corrected chi connectivity index (χ3v) is 3.44. The average Bonchev–Trinajstić information content (AvgIpc) is 2.63. The van der Waals surface area contributed by atoms with Crippen molar-refractivity contribution in [3.8, 4) is 17.6 Å². The Kier molecular flexibility index (Phi) is 6.20. The Morgan fingerprint density at radius 1 is 1.28 bits per heavy atom. The minimum absolute atomic E-state index is 0.130. The van der Waals surface area contributed by atoms with Gasteiger partial charge in [0.2, 0.25) is 0 Å². The summed E-state index contributed by atoms with van der Waals surface area (Å²) in [5.41, 5.74) is 0.814. The summed E-state index contributed by atoms with van der Waals surface area (Å²) in [6.45, 7) is 0. The predicted octanol–water partition coefficient (Wildman–Crippen LogP) is 3.21. The van der Waals surface area contributed by atoms with Gasteiger partial charge in [0.25, 0.3) is 5.91 Å². The molecule has 0 unspecified atom stereocenters. The van der Waals surface area contributed by atoms with Crippen LogP contribution in [0.3, 0.4) is 0 Å². The molecule has 0 saturated heterocycles. The van der Waals surface area contributed by atoms with E-state index in [1.807, 2.05) is 6.07 Å². The number of rotatable bonds is 6. The molecule has 0 spiro atoms. The Labute approximate surface area is 149 Å². The Bertz CT molecular complexity index is 846. The van der Waals surface area contributed by atoms with Gasteiger partial charge >= 0.3 is 0 Å².